The summed E-state index contributed by atoms with van der Waals surface area (Å²) in [7, 11) is 0. The van der Waals surface area contributed by atoms with Crippen LogP contribution in [0.4, 0.5) is 0 Å². The maximum atomic E-state index is 12.8. The highest BCUT2D eigenvalue weighted by Crippen LogP contribution is 2.24. The van der Waals surface area contributed by atoms with E-state index in [4.69, 9.17) is 0 Å². The molecule has 0 spiro atoms. The molecule has 34 heavy (non-hydrogen) atoms. The molecule has 0 radical (unpaired) electrons. The van der Waals surface area contributed by atoms with E-state index in [1.807, 2.05) is 49.5 Å². The first kappa shape index (κ1) is 25.0. The SMILES string of the molecule is C=C/C(C#Cc1cc(C(=O)NCCCC2CCCC(=O)CC2)ccc1-n1cccn1)=C\C=C/C. The summed E-state index contributed by atoms with van der Waals surface area (Å²) in [5, 5.41) is 7.35. The highest BCUT2D eigenvalue weighted by Gasteiger charge is 2.16. The minimum absolute atomic E-state index is 0.112. The Labute approximate surface area is 202 Å². The Bertz CT molecular complexity index is 1110. The lowest BCUT2D eigenvalue weighted by Crippen LogP contribution is -2.25. The zero-order valence-electron chi connectivity index (χ0n) is 19.9. The Kier molecular flexibility index (Phi) is 9.66. The zero-order valence-corrected chi connectivity index (χ0v) is 19.9. The lowest BCUT2D eigenvalue weighted by molar-refractivity contribution is -0.118. The van der Waals surface area contributed by atoms with Crippen LogP contribution in [0.2, 0.25) is 0 Å². The van der Waals surface area contributed by atoms with E-state index in [0.29, 0.717) is 35.8 Å². The van der Waals surface area contributed by atoms with Gasteiger partial charge in [-0.2, -0.15) is 5.10 Å². The molecule has 1 aliphatic carbocycles. The molecule has 0 aliphatic heterocycles. The van der Waals surface area contributed by atoms with E-state index in [-0.39, 0.29) is 5.91 Å². The second-order valence-corrected chi connectivity index (χ2v) is 8.52. The van der Waals surface area contributed by atoms with Crippen LogP contribution in [-0.4, -0.2) is 28.0 Å². The molecule has 1 unspecified atom stereocenters. The molecule has 1 aromatic carbocycles. The monoisotopic (exact) mass is 455 g/mol. The minimum atomic E-state index is -0.112. The van der Waals surface area contributed by atoms with Gasteiger partial charge in [-0.15, -0.1) is 0 Å². The summed E-state index contributed by atoms with van der Waals surface area (Å²) in [6.45, 7) is 6.39. The van der Waals surface area contributed by atoms with Gasteiger partial charge < -0.3 is 5.32 Å². The smallest absolute Gasteiger partial charge is 0.251 e. The van der Waals surface area contributed by atoms with Crippen molar-refractivity contribution in [3.63, 3.8) is 0 Å². The van der Waals surface area contributed by atoms with Crippen molar-refractivity contribution >= 4 is 11.7 Å². The lowest BCUT2D eigenvalue weighted by Gasteiger charge is -2.13. The van der Waals surface area contributed by atoms with Gasteiger partial charge in [-0.25, -0.2) is 4.68 Å². The first-order valence-electron chi connectivity index (χ1n) is 12.0. The van der Waals surface area contributed by atoms with Gasteiger partial charge in [-0.3, -0.25) is 9.59 Å². The Hall–Kier alpha value is -3.65. The fraction of sp³-hybridized carbons (Fsp3) is 0.345. The third-order valence-corrected chi connectivity index (χ3v) is 6.01. The molecule has 1 atom stereocenters. The van der Waals surface area contributed by atoms with Crippen molar-refractivity contribution in [1.82, 2.24) is 15.1 Å². The van der Waals surface area contributed by atoms with Crippen molar-refractivity contribution in [1.29, 1.82) is 0 Å². The number of Topliss-reactive ketones (excluding diaryl/α,β-unsaturated/α-hetero) is 1. The lowest BCUT2D eigenvalue weighted by atomic mass is 9.95. The Morgan fingerprint density at radius 2 is 2.21 bits per heavy atom. The average molecular weight is 456 g/mol. The molecule has 1 amide bonds. The summed E-state index contributed by atoms with van der Waals surface area (Å²) in [4.78, 5) is 24.4. The summed E-state index contributed by atoms with van der Waals surface area (Å²) in [6, 6.07) is 7.34. The molecule has 1 N–H and O–H groups in total. The van der Waals surface area contributed by atoms with Gasteiger partial charge in [-0.05, 0) is 68.9 Å². The molecule has 2 aromatic rings. The zero-order chi connectivity index (χ0) is 24.2. The molecule has 1 aliphatic rings. The Balaban J connectivity index is 1.68. The van der Waals surface area contributed by atoms with Gasteiger partial charge in [0, 0.05) is 42.9 Å². The molecule has 0 bridgehead atoms. The van der Waals surface area contributed by atoms with Gasteiger partial charge in [-0.1, -0.05) is 43.1 Å². The van der Waals surface area contributed by atoms with Crippen LogP contribution < -0.4 is 5.32 Å². The largest absolute Gasteiger partial charge is 0.352 e. The van der Waals surface area contributed by atoms with Gasteiger partial charge in [0.25, 0.3) is 5.91 Å². The van der Waals surface area contributed by atoms with Crippen molar-refractivity contribution in [3.05, 3.63) is 84.2 Å². The maximum Gasteiger partial charge on any atom is 0.251 e. The number of aromatic nitrogens is 2. The topological polar surface area (TPSA) is 64.0 Å². The van der Waals surface area contributed by atoms with Crippen molar-refractivity contribution in [3.8, 4) is 17.5 Å². The van der Waals surface area contributed by atoms with Crippen LogP contribution in [0.5, 0.6) is 0 Å². The third-order valence-electron chi connectivity index (χ3n) is 6.01. The number of carbonyl (C=O) groups is 2. The number of ketones is 1. The van der Waals surface area contributed by atoms with E-state index < -0.39 is 0 Å². The van der Waals surface area contributed by atoms with Crippen molar-refractivity contribution in [2.75, 3.05) is 6.54 Å². The van der Waals surface area contributed by atoms with Crippen LogP contribution in [0, 0.1) is 17.8 Å². The standard InChI is InChI=1S/C29H33N3O2/c1-3-5-9-23(4-2)13-15-25-22-26(16-18-28(25)32-21-8-20-31-32)29(34)30-19-7-11-24-10-6-12-27(33)17-14-24/h3-5,8-9,16,18,20-22,24H,2,6-7,10-12,14,17,19H2,1H3,(H,30,34)/b5-3-,23-9+. The number of nitrogens with one attached hydrogen (secondary N) is 1. The number of carbonyl (C=O) groups excluding carboxylic acids is 2. The van der Waals surface area contributed by atoms with Gasteiger partial charge in [0.2, 0.25) is 0 Å². The highest BCUT2D eigenvalue weighted by molar-refractivity contribution is 5.95. The summed E-state index contributed by atoms with van der Waals surface area (Å²) in [5.41, 5.74) is 2.89. The van der Waals surface area contributed by atoms with Gasteiger partial charge >= 0.3 is 0 Å². The van der Waals surface area contributed by atoms with Gasteiger partial charge in [0.1, 0.15) is 5.78 Å². The number of allylic oxidation sites excluding steroid dienone is 5. The molecule has 5 nitrogen and oxygen atoms in total. The van der Waals surface area contributed by atoms with Crippen LogP contribution in [0.1, 0.15) is 67.8 Å². The van der Waals surface area contributed by atoms with E-state index in [2.05, 4.69) is 28.8 Å². The summed E-state index contributed by atoms with van der Waals surface area (Å²) >= 11 is 0. The first-order valence-corrected chi connectivity index (χ1v) is 12.0. The number of hydrogen-bond acceptors (Lipinski definition) is 3. The van der Waals surface area contributed by atoms with E-state index >= 15 is 0 Å². The third kappa shape index (κ3) is 7.45. The Morgan fingerprint density at radius 3 is 2.97 bits per heavy atom. The Morgan fingerprint density at radius 1 is 1.32 bits per heavy atom. The van der Waals surface area contributed by atoms with E-state index in [1.54, 1.807) is 23.0 Å². The van der Waals surface area contributed by atoms with Crippen molar-refractivity contribution in [2.45, 2.75) is 51.9 Å². The minimum Gasteiger partial charge on any atom is -0.352 e. The molecular formula is C29H33N3O2. The summed E-state index contributed by atoms with van der Waals surface area (Å²) in [6.07, 6.45) is 17.5. The highest BCUT2D eigenvalue weighted by atomic mass is 16.1. The molecule has 0 saturated heterocycles. The fourth-order valence-electron chi connectivity index (χ4n) is 4.09. The molecule has 1 aromatic heterocycles. The van der Waals surface area contributed by atoms with Crippen molar-refractivity contribution < 1.29 is 9.59 Å². The van der Waals surface area contributed by atoms with E-state index in [1.165, 1.54) is 0 Å². The molecule has 3 rings (SSSR count). The first-order chi connectivity index (χ1) is 16.6. The van der Waals surface area contributed by atoms with Crippen LogP contribution in [-0.2, 0) is 4.79 Å². The molecule has 176 valence electrons. The normalized spacial score (nSPS) is 16.6. The van der Waals surface area contributed by atoms with Gasteiger partial charge in [0.05, 0.1) is 11.3 Å². The molecule has 5 heteroatoms. The number of rotatable bonds is 8. The fourth-order valence-corrected chi connectivity index (χ4v) is 4.09. The molecule has 1 saturated carbocycles. The van der Waals surface area contributed by atoms with E-state index in [0.717, 1.165) is 49.8 Å². The predicted molar refractivity (Wildman–Crippen MR) is 137 cm³/mol. The van der Waals surface area contributed by atoms with Crippen LogP contribution in [0.15, 0.2) is 73.1 Å². The molecular weight excluding hydrogens is 422 g/mol. The summed E-state index contributed by atoms with van der Waals surface area (Å²) < 4.78 is 1.74. The number of nitrogens with zero attached hydrogens (tertiary/aromatic N) is 2. The quantitative estimate of drug-likeness (QED) is 0.245. The van der Waals surface area contributed by atoms with Crippen molar-refractivity contribution in [2.24, 2.45) is 5.92 Å². The second-order valence-electron chi connectivity index (χ2n) is 8.52. The van der Waals surface area contributed by atoms with Crippen LogP contribution >= 0.6 is 0 Å². The van der Waals surface area contributed by atoms with Crippen LogP contribution in [0.25, 0.3) is 5.69 Å². The molecule has 1 heterocycles. The molecule has 1 fully saturated rings. The second kappa shape index (κ2) is 13.2. The number of benzene rings is 1. The van der Waals surface area contributed by atoms with E-state index in [9.17, 15) is 9.59 Å². The van der Waals surface area contributed by atoms with Gasteiger partial charge in [0.15, 0.2) is 0 Å². The average Bonchev–Trinajstić information content (AvgIpc) is 3.31. The maximum absolute atomic E-state index is 12.8. The number of amides is 1. The summed E-state index contributed by atoms with van der Waals surface area (Å²) in [5.74, 6) is 7.19. The predicted octanol–water partition coefficient (Wildman–Crippen LogP) is 5.57. The van der Waals surface area contributed by atoms with Crippen LogP contribution in [0.3, 0.4) is 0 Å². The number of hydrogen-bond donors (Lipinski definition) is 1.